The largest absolute Gasteiger partial charge is 0.493 e. The van der Waals surface area contributed by atoms with E-state index in [1.807, 2.05) is 72.9 Å². The van der Waals surface area contributed by atoms with Gasteiger partial charge in [-0.3, -0.25) is 4.79 Å². The van der Waals surface area contributed by atoms with Gasteiger partial charge in [-0.05, 0) is 47.5 Å². The maximum atomic E-state index is 13.3. The SMILES string of the molecule is COc1ccc(-c2cn(-c3ccccc3)nc2C(=O)NCc2ccc3c(c2)OCO3)cc1OC. The number of rotatable bonds is 7. The van der Waals surface area contributed by atoms with E-state index in [0.29, 0.717) is 40.8 Å². The van der Waals surface area contributed by atoms with Gasteiger partial charge >= 0.3 is 0 Å². The molecule has 0 fully saturated rings. The van der Waals surface area contributed by atoms with Crippen molar-refractivity contribution >= 4 is 5.91 Å². The number of fused-ring (bicyclic) bond motifs is 1. The second-order valence-electron chi connectivity index (χ2n) is 7.61. The number of nitrogens with one attached hydrogen (secondary N) is 1. The molecule has 0 saturated heterocycles. The smallest absolute Gasteiger partial charge is 0.272 e. The molecule has 4 aromatic rings. The molecule has 0 bridgehead atoms. The molecule has 3 aromatic carbocycles. The van der Waals surface area contributed by atoms with Crippen molar-refractivity contribution in [3.8, 4) is 39.8 Å². The van der Waals surface area contributed by atoms with Gasteiger partial charge in [0.15, 0.2) is 28.7 Å². The zero-order valence-corrected chi connectivity index (χ0v) is 18.8. The summed E-state index contributed by atoms with van der Waals surface area (Å²) in [6, 6.07) is 20.7. The maximum absolute atomic E-state index is 13.3. The van der Waals surface area contributed by atoms with E-state index in [1.165, 1.54) is 0 Å². The summed E-state index contributed by atoms with van der Waals surface area (Å²) in [6.45, 7) is 0.524. The Morgan fingerprint density at radius 3 is 2.56 bits per heavy atom. The Balaban J connectivity index is 1.47. The molecule has 0 unspecified atom stereocenters. The molecule has 0 radical (unpaired) electrons. The van der Waals surface area contributed by atoms with Crippen LogP contribution in [-0.2, 0) is 6.54 Å². The fourth-order valence-corrected chi connectivity index (χ4v) is 3.79. The molecule has 0 atom stereocenters. The molecule has 0 saturated carbocycles. The summed E-state index contributed by atoms with van der Waals surface area (Å²) >= 11 is 0. The van der Waals surface area contributed by atoms with Crippen molar-refractivity contribution in [2.45, 2.75) is 6.54 Å². The van der Waals surface area contributed by atoms with E-state index >= 15 is 0 Å². The van der Waals surface area contributed by atoms with E-state index in [0.717, 1.165) is 16.8 Å². The third-order valence-electron chi connectivity index (χ3n) is 5.53. The molecule has 1 N–H and O–H groups in total. The van der Waals surface area contributed by atoms with Gasteiger partial charge in [-0.15, -0.1) is 0 Å². The lowest BCUT2D eigenvalue weighted by molar-refractivity contribution is 0.0946. The summed E-state index contributed by atoms with van der Waals surface area (Å²) in [5.74, 6) is 2.25. The van der Waals surface area contributed by atoms with E-state index < -0.39 is 0 Å². The second kappa shape index (κ2) is 9.19. The number of carbonyl (C=O) groups is 1. The monoisotopic (exact) mass is 457 g/mol. The molecular formula is C26H23N3O5. The van der Waals surface area contributed by atoms with Crippen molar-refractivity contribution in [3.05, 3.63) is 84.2 Å². The number of carbonyl (C=O) groups excluding carboxylic acids is 1. The van der Waals surface area contributed by atoms with Crippen molar-refractivity contribution in [3.63, 3.8) is 0 Å². The average Bonchev–Trinajstić information content (AvgIpc) is 3.54. The van der Waals surface area contributed by atoms with Gasteiger partial charge in [0, 0.05) is 18.3 Å². The minimum atomic E-state index is -0.294. The van der Waals surface area contributed by atoms with Crippen molar-refractivity contribution in [1.82, 2.24) is 15.1 Å². The second-order valence-corrected chi connectivity index (χ2v) is 7.61. The number of methoxy groups -OCH3 is 2. The number of hydrogen-bond acceptors (Lipinski definition) is 6. The Kier molecular flexibility index (Phi) is 5.78. The molecule has 0 spiro atoms. The lowest BCUT2D eigenvalue weighted by Gasteiger charge is -2.10. The Bertz CT molecular complexity index is 1330. The quantitative estimate of drug-likeness (QED) is 0.448. The number of hydrogen-bond donors (Lipinski definition) is 1. The van der Waals surface area contributed by atoms with Gasteiger partial charge in [0.1, 0.15) is 0 Å². The topological polar surface area (TPSA) is 83.8 Å². The first-order valence-corrected chi connectivity index (χ1v) is 10.7. The predicted octanol–water partition coefficient (Wildman–Crippen LogP) is 4.22. The number of ether oxygens (including phenoxy) is 4. The van der Waals surface area contributed by atoms with Crippen LogP contribution in [0.15, 0.2) is 72.9 Å². The molecule has 8 heteroatoms. The summed E-state index contributed by atoms with van der Waals surface area (Å²) in [6.07, 6.45) is 1.84. The summed E-state index contributed by atoms with van der Waals surface area (Å²) in [5.41, 5.74) is 3.50. The number of nitrogens with zero attached hydrogens (tertiary/aromatic N) is 2. The number of para-hydroxylation sites is 1. The highest BCUT2D eigenvalue weighted by Gasteiger charge is 2.21. The van der Waals surface area contributed by atoms with Crippen LogP contribution in [0.3, 0.4) is 0 Å². The zero-order valence-electron chi connectivity index (χ0n) is 18.8. The first-order valence-electron chi connectivity index (χ1n) is 10.7. The van der Waals surface area contributed by atoms with Crippen LogP contribution >= 0.6 is 0 Å². The number of amides is 1. The molecular weight excluding hydrogens is 434 g/mol. The van der Waals surface area contributed by atoms with Gasteiger partial charge in [-0.2, -0.15) is 5.10 Å². The van der Waals surface area contributed by atoms with Gasteiger partial charge in [-0.25, -0.2) is 4.68 Å². The molecule has 1 aliphatic heterocycles. The highest BCUT2D eigenvalue weighted by molar-refractivity contribution is 5.99. The molecule has 5 rings (SSSR count). The zero-order chi connectivity index (χ0) is 23.5. The van der Waals surface area contributed by atoms with Crippen LogP contribution in [0, 0.1) is 0 Å². The van der Waals surface area contributed by atoms with Crippen molar-refractivity contribution in [2.75, 3.05) is 21.0 Å². The molecule has 1 aliphatic rings. The van der Waals surface area contributed by atoms with Crippen LogP contribution < -0.4 is 24.3 Å². The van der Waals surface area contributed by atoms with Gasteiger partial charge in [0.25, 0.3) is 5.91 Å². The van der Waals surface area contributed by atoms with Crippen LogP contribution in [0.1, 0.15) is 16.1 Å². The van der Waals surface area contributed by atoms with E-state index in [9.17, 15) is 4.79 Å². The van der Waals surface area contributed by atoms with Crippen molar-refractivity contribution in [1.29, 1.82) is 0 Å². The lowest BCUT2D eigenvalue weighted by atomic mass is 10.1. The lowest BCUT2D eigenvalue weighted by Crippen LogP contribution is -2.24. The Morgan fingerprint density at radius 2 is 1.76 bits per heavy atom. The molecule has 8 nitrogen and oxygen atoms in total. The van der Waals surface area contributed by atoms with Crippen LogP contribution in [0.25, 0.3) is 16.8 Å². The van der Waals surface area contributed by atoms with E-state index in [4.69, 9.17) is 18.9 Å². The van der Waals surface area contributed by atoms with Crippen molar-refractivity contribution < 1.29 is 23.7 Å². The van der Waals surface area contributed by atoms with Gasteiger partial charge < -0.3 is 24.3 Å². The minimum absolute atomic E-state index is 0.205. The van der Waals surface area contributed by atoms with Crippen LogP contribution in [0.2, 0.25) is 0 Å². The fourth-order valence-electron chi connectivity index (χ4n) is 3.79. The maximum Gasteiger partial charge on any atom is 0.272 e. The summed E-state index contributed by atoms with van der Waals surface area (Å²) in [4.78, 5) is 13.3. The molecule has 172 valence electrons. The van der Waals surface area contributed by atoms with Crippen molar-refractivity contribution in [2.24, 2.45) is 0 Å². The predicted molar refractivity (Wildman–Crippen MR) is 126 cm³/mol. The highest BCUT2D eigenvalue weighted by Crippen LogP contribution is 2.34. The summed E-state index contributed by atoms with van der Waals surface area (Å²) < 4.78 is 23.3. The Morgan fingerprint density at radius 1 is 0.971 bits per heavy atom. The molecule has 0 aliphatic carbocycles. The Hall–Kier alpha value is -4.46. The Labute approximate surface area is 196 Å². The third kappa shape index (κ3) is 4.13. The standard InChI is InChI=1S/C26H23N3O5/c1-31-21-11-9-18(13-23(21)32-2)20-15-29(19-6-4-3-5-7-19)28-25(20)26(30)27-14-17-8-10-22-24(12-17)34-16-33-22/h3-13,15H,14,16H2,1-2H3,(H,27,30). The van der Waals surface area contributed by atoms with Gasteiger partial charge in [-0.1, -0.05) is 30.3 Å². The minimum Gasteiger partial charge on any atom is -0.493 e. The number of benzene rings is 3. The third-order valence-corrected chi connectivity index (χ3v) is 5.53. The van der Waals surface area contributed by atoms with E-state index in [1.54, 1.807) is 18.9 Å². The average molecular weight is 457 g/mol. The van der Waals surface area contributed by atoms with Crippen LogP contribution in [-0.4, -0.2) is 36.7 Å². The molecule has 1 aromatic heterocycles. The van der Waals surface area contributed by atoms with Gasteiger partial charge in [0.2, 0.25) is 6.79 Å². The normalized spacial score (nSPS) is 11.8. The fraction of sp³-hybridized carbons (Fsp3) is 0.154. The highest BCUT2D eigenvalue weighted by atomic mass is 16.7. The van der Waals surface area contributed by atoms with E-state index in [2.05, 4.69) is 10.4 Å². The molecule has 2 heterocycles. The first-order chi connectivity index (χ1) is 16.7. The number of aromatic nitrogens is 2. The first kappa shape index (κ1) is 21.4. The summed E-state index contributed by atoms with van der Waals surface area (Å²) in [5, 5.41) is 7.58. The van der Waals surface area contributed by atoms with Gasteiger partial charge in [0.05, 0.1) is 19.9 Å². The molecule has 34 heavy (non-hydrogen) atoms. The van der Waals surface area contributed by atoms with Crippen LogP contribution in [0.4, 0.5) is 0 Å². The van der Waals surface area contributed by atoms with Crippen LogP contribution in [0.5, 0.6) is 23.0 Å². The van der Waals surface area contributed by atoms with E-state index in [-0.39, 0.29) is 12.7 Å². The molecule has 1 amide bonds. The summed E-state index contributed by atoms with van der Waals surface area (Å²) in [7, 11) is 3.16.